The van der Waals surface area contributed by atoms with Crippen molar-refractivity contribution in [2.75, 3.05) is 19.0 Å². The number of ether oxygens (including phenoxy) is 2. The SMILES string of the molecule is COc1cc(C(=O)NCC(=O)Nc2ccc(Br)c(C)c2)ccc1OC(C)C. The van der Waals surface area contributed by atoms with E-state index in [0.29, 0.717) is 22.7 Å². The molecule has 6 nitrogen and oxygen atoms in total. The van der Waals surface area contributed by atoms with Gasteiger partial charge >= 0.3 is 0 Å². The maximum atomic E-state index is 12.3. The lowest BCUT2D eigenvalue weighted by Crippen LogP contribution is -2.32. The van der Waals surface area contributed by atoms with Crippen LogP contribution in [0.3, 0.4) is 0 Å². The Labute approximate surface area is 167 Å². The van der Waals surface area contributed by atoms with Crippen molar-refractivity contribution < 1.29 is 19.1 Å². The summed E-state index contributed by atoms with van der Waals surface area (Å²) in [5, 5.41) is 5.35. The number of benzene rings is 2. The lowest BCUT2D eigenvalue weighted by molar-refractivity contribution is -0.115. The summed E-state index contributed by atoms with van der Waals surface area (Å²) in [6, 6.07) is 10.4. The number of amides is 2. The zero-order valence-electron chi connectivity index (χ0n) is 15.8. The highest BCUT2D eigenvalue weighted by Crippen LogP contribution is 2.29. The summed E-state index contributed by atoms with van der Waals surface area (Å²) in [5.74, 6) is 0.349. The van der Waals surface area contributed by atoms with Crippen molar-refractivity contribution in [3.63, 3.8) is 0 Å². The second-order valence-electron chi connectivity index (χ2n) is 6.23. The third kappa shape index (κ3) is 5.99. The van der Waals surface area contributed by atoms with Crippen molar-refractivity contribution in [3.8, 4) is 11.5 Å². The Morgan fingerprint density at radius 1 is 1.11 bits per heavy atom. The highest BCUT2D eigenvalue weighted by molar-refractivity contribution is 9.10. The highest BCUT2D eigenvalue weighted by atomic mass is 79.9. The minimum atomic E-state index is -0.369. The molecule has 2 N–H and O–H groups in total. The van der Waals surface area contributed by atoms with Crippen LogP contribution in [0.15, 0.2) is 40.9 Å². The number of methoxy groups -OCH3 is 1. The first-order chi connectivity index (χ1) is 12.8. The first-order valence-corrected chi connectivity index (χ1v) is 9.28. The van der Waals surface area contributed by atoms with E-state index >= 15 is 0 Å². The number of carbonyl (C=O) groups is 2. The van der Waals surface area contributed by atoms with Crippen LogP contribution in [0.2, 0.25) is 0 Å². The van der Waals surface area contributed by atoms with Gasteiger partial charge in [0.05, 0.1) is 19.8 Å². The second kappa shape index (κ2) is 9.41. The molecule has 2 rings (SSSR count). The third-order valence-corrected chi connectivity index (χ3v) is 4.53. The van der Waals surface area contributed by atoms with Crippen molar-refractivity contribution in [2.24, 2.45) is 0 Å². The Hall–Kier alpha value is -2.54. The summed E-state index contributed by atoms with van der Waals surface area (Å²) >= 11 is 3.41. The predicted octanol–water partition coefficient (Wildman–Crippen LogP) is 3.92. The van der Waals surface area contributed by atoms with Gasteiger partial charge in [-0.05, 0) is 62.7 Å². The molecule has 0 bridgehead atoms. The molecular weight excluding hydrogens is 412 g/mol. The minimum Gasteiger partial charge on any atom is -0.493 e. The van der Waals surface area contributed by atoms with Crippen LogP contribution in [0.25, 0.3) is 0 Å². The molecule has 7 heteroatoms. The van der Waals surface area contributed by atoms with Gasteiger partial charge in [-0.2, -0.15) is 0 Å². The fourth-order valence-corrected chi connectivity index (χ4v) is 2.60. The van der Waals surface area contributed by atoms with E-state index in [9.17, 15) is 9.59 Å². The number of anilines is 1. The molecule has 2 aromatic carbocycles. The molecule has 0 spiro atoms. The zero-order chi connectivity index (χ0) is 20.0. The van der Waals surface area contributed by atoms with E-state index in [1.165, 1.54) is 7.11 Å². The van der Waals surface area contributed by atoms with Crippen LogP contribution in [0.1, 0.15) is 29.8 Å². The molecule has 0 aromatic heterocycles. The maximum absolute atomic E-state index is 12.3. The van der Waals surface area contributed by atoms with Crippen molar-refractivity contribution in [1.29, 1.82) is 0 Å². The van der Waals surface area contributed by atoms with Crippen molar-refractivity contribution in [1.82, 2.24) is 5.32 Å². The van der Waals surface area contributed by atoms with Crippen LogP contribution in [0, 0.1) is 6.92 Å². The first kappa shape index (κ1) is 20.8. The number of halogens is 1. The molecule has 0 aliphatic carbocycles. The van der Waals surface area contributed by atoms with Gasteiger partial charge in [0.15, 0.2) is 11.5 Å². The second-order valence-corrected chi connectivity index (χ2v) is 7.08. The average molecular weight is 435 g/mol. The van der Waals surface area contributed by atoms with Gasteiger partial charge in [-0.3, -0.25) is 9.59 Å². The quantitative estimate of drug-likeness (QED) is 0.691. The molecule has 27 heavy (non-hydrogen) atoms. The van der Waals surface area contributed by atoms with Crippen molar-refractivity contribution in [2.45, 2.75) is 26.9 Å². The monoisotopic (exact) mass is 434 g/mol. The molecule has 0 saturated carbocycles. The Kier molecular flexibility index (Phi) is 7.24. The lowest BCUT2D eigenvalue weighted by Gasteiger charge is -2.14. The Bertz CT molecular complexity index is 837. The molecule has 0 atom stereocenters. The molecule has 0 aliphatic heterocycles. The topological polar surface area (TPSA) is 76.7 Å². The van der Waals surface area contributed by atoms with E-state index in [-0.39, 0.29) is 24.5 Å². The van der Waals surface area contributed by atoms with Crippen LogP contribution in [0.5, 0.6) is 11.5 Å². The Balaban J connectivity index is 1.96. The van der Waals surface area contributed by atoms with Crippen LogP contribution < -0.4 is 20.1 Å². The smallest absolute Gasteiger partial charge is 0.251 e. The van der Waals surface area contributed by atoms with E-state index in [2.05, 4.69) is 26.6 Å². The summed E-state index contributed by atoms with van der Waals surface area (Å²) in [7, 11) is 1.51. The molecule has 2 aromatic rings. The molecule has 0 fully saturated rings. The number of rotatable bonds is 7. The molecule has 0 heterocycles. The lowest BCUT2D eigenvalue weighted by atomic mass is 10.2. The van der Waals surface area contributed by atoms with Crippen molar-refractivity contribution in [3.05, 3.63) is 52.0 Å². The van der Waals surface area contributed by atoms with Crippen LogP contribution in [-0.2, 0) is 4.79 Å². The summed E-state index contributed by atoms with van der Waals surface area (Å²) in [5.41, 5.74) is 2.06. The number of hydrogen-bond acceptors (Lipinski definition) is 4. The van der Waals surface area contributed by atoms with Crippen LogP contribution in [-0.4, -0.2) is 31.6 Å². The summed E-state index contributed by atoms with van der Waals surface area (Å²) in [6.07, 6.45) is -0.00970. The normalized spacial score (nSPS) is 10.4. The number of aryl methyl sites for hydroxylation is 1. The van der Waals surface area contributed by atoms with Gasteiger partial charge in [-0.1, -0.05) is 15.9 Å². The van der Waals surface area contributed by atoms with Gasteiger partial charge in [-0.15, -0.1) is 0 Å². The standard InChI is InChI=1S/C20H23BrN2O4/c1-12(2)27-17-8-5-14(10-18(17)26-4)20(25)22-11-19(24)23-15-6-7-16(21)13(3)9-15/h5-10,12H,11H2,1-4H3,(H,22,25)(H,23,24). The zero-order valence-corrected chi connectivity index (χ0v) is 17.3. The summed E-state index contributed by atoms with van der Waals surface area (Å²) in [6.45, 7) is 5.61. The van der Waals surface area contributed by atoms with E-state index in [4.69, 9.17) is 9.47 Å². The van der Waals surface area contributed by atoms with Gasteiger partial charge in [-0.25, -0.2) is 0 Å². The molecule has 0 aliphatic rings. The Morgan fingerprint density at radius 2 is 1.85 bits per heavy atom. The molecule has 0 radical (unpaired) electrons. The highest BCUT2D eigenvalue weighted by Gasteiger charge is 2.13. The van der Waals surface area contributed by atoms with Gasteiger partial charge in [0.25, 0.3) is 5.91 Å². The minimum absolute atomic E-state index is 0.00970. The van der Waals surface area contributed by atoms with Gasteiger partial charge in [0.2, 0.25) is 5.91 Å². The third-order valence-electron chi connectivity index (χ3n) is 3.64. The Morgan fingerprint density at radius 3 is 2.48 bits per heavy atom. The molecule has 2 amide bonds. The van der Waals surface area contributed by atoms with Gasteiger partial charge < -0.3 is 20.1 Å². The number of carbonyl (C=O) groups excluding carboxylic acids is 2. The first-order valence-electron chi connectivity index (χ1n) is 8.49. The fraction of sp³-hybridized carbons (Fsp3) is 0.300. The maximum Gasteiger partial charge on any atom is 0.251 e. The fourth-order valence-electron chi connectivity index (χ4n) is 2.35. The van der Waals surface area contributed by atoms with E-state index in [1.54, 1.807) is 24.3 Å². The van der Waals surface area contributed by atoms with Crippen LogP contribution in [0.4, 0.5) is 5.69 Å². The summed E-state index contributed by atoms with van der Waals surface area (Å²) in [4.78, 5) is 24.4. The van der Waals surface area contributed by atoms with Crippen molar-refractivity contribution >= 4 is 33.4 Å². The predicted molar refractivity (Wildman–Crippen MR) is 109 cm³/mol. The molecule has 0 saturated heterocycles. The molecule has 0 unspecified atom stereocenters. The van der Waals surface area contributed by atoms with E-state index in [0.717, 1.165) is 10.0 Å². The van der Waals surface area contributed by atoms with E-state index < -0.39 is 0 Å². The summed E-state index contributed by atoms with van der Waals surface area (Å²) < 4.78 is 11.9. The van der Waals surface area contributed by atoms with Gasteiger partial charge in [0, 0.05) is 15.7 Å². The van der Waals surface area contributed by atoms with Gasteiger partial charge in [0.1, 0.15) is 0 Å². The molecule has 144 valence electrons. The number of hydrogen-bond donors (Lipinski definition) is 2. The number of nitrogens with one attached hydrogen (secondary N) is 2. The average Bonchev–Trinajstić information content (AvgIpc) is 2.62. The molecular formula is C20H23BrN2O4. The van der Waals surface area contributed by atoms with Crippen LogP contribution >= 0.6 is 15.9 Å². The largest absolute Gasteiger partial charge is 0.493 e. The van der Waals surface area contributed by atoms with E-state index in [1.807, 2.05) is 32.9 Å².